The van der Waals surface area contributed by atoms with E-state index in [-0.39, 0.29) is 28.4 Å². The fourth-order valence-corrected chi connectivity index (χ4v) is 2.44. The Labute approximate surface area is 115 Å². The summed E-state index contributed by atoms with van der Waals surface area (Å²) in [7, 11) is 1.44. The second-order valence-corrected chi connectivity index (χ2v) is 4.46. The highest BCUT2D eigenvalue weighted by Crippen LogP contribution is 2.35. The van der Waals surface area contributed by atoms with Gasteiger partial charge in [0.25, 0.3) is 0 Å². The quantitative estimate of drug-likeness (QED) is 0.549. The number of hydrogen-bond acceptors (Lipinski definition) is 5. The standard InChI is InChI=1S/C15H12N2O3/c1-20-17-11-7-6-10(16)12-13(11)15(19)9-5-3-2-4-8(9)14(12)18/h2-7,17H,16H2,1H3. The number of benzene rings is 2. The van der Waals surface area contributed by atoms with Crippen LogP contribution in [0.3, 0.4) is 0 Å². The van der Waals surface area contributed by atoms with Gasteiger partial charge in [0.15, 0.2) is 11.6 Å². The maximum absolute atomic E-state index is 12.6. The maximum Gasteiger partial charge on any atom is 0.196 e. The molecule has 0 spiro atoms. The Balaban J connectivity index is 2.32. The van der Waals surface area contributed by atoms with Crippen LogP contribution in [-0.2, 0) is 4.84 Å². The van der Waals surface area contributed by atoms with E-state index in [2.05, 4.69) is 5.48 Å². The van der Waals surface area contributed by atoms with Crippen molar-refractivity contribution in [3.05, 3.63) is 58.7 Å². The molecule has 5 heteroatoms. The topological polar surface area (TPSA) is 81.4 Å². The highest BCUT2D eigenvalue weighted by molar-refractivity contribution is 6.31. The predicted molar refractivity (Wildman–Crippen MR) is 74.8 cm³/mol. The monoisotopic (exact) mass is 268 g/mol. The third-order valence-electron chi connectivity index (χ3n) is 3.32. The van der Waals surface area contributed by atoms with Crippen molar-refractivity contribution in [1.82, 2.24) is 0 Å². The van der Waals surface area contributed by atoms with E-state index < -0.39 is 0 Å². The van der Waals surface area contributed by atoms with Crippen molar-refractivity contribution in [1.29, 1.82) is 0 Å². The van der Waals surface area contributed by atoms with Crippen LogP contribution in [0.4, 0.5) is 11.4 Å². The molecule has 2 aromatic rings. The van der Waals surface area contributed by atoms with Gasteiger partial charge in [0.2, 0.25) is 0 Å². The molecule has 3 rings (SSSR count). The van der Waals surface area contributed by atoms with E-state index in [9.17, 15) is 9.59 Å². The number of ketones is 2. The molecule has 0 aromatic heterocycles. The largest absolute Gasteiger partial charge is 0.398 e. The third kappa shape index (κ3) is 1.60. The van der Waals surface area contributed by atoms with E-state index in [1.54, 1.807) is 36.4 Å². The smallest absolute Gasteiger partial charge is 0.196 e. The normalized spacial score (nSPS) is 12.8. The molecule has 2 aromatic carbocycles. The van der Waals surface area contributed by atoms with Crippen LogP contribution in [0.2, 0.25) is 0 Å². The Bertz CT molecular complexity index is 738. The zero-order valence-corrected chi connectivity index (χ0v) is 10.8. The Kier molecular flexibility index (Phi) is 2.76. The molecule has 0 heterocycles. The molecule has 100 valence electrons. The molecular formula is C15H12N2O3. The first-order valence-electron chi connectivity index (χ1n) is 6.05. The van der Waals surface area contributed by atoms with E-state index in [0.717, 1.165) is 0 Å². The highest BCUT2D eigenvalue weighted by atomic mass is 16.6. The van der Waals surface area contributed by atoms with Gasteiger partial charge < -0.3 is 5.73 Å². The molecule has 0 unspecified atom stereocenters. The summed E-state index contributed by atoms with van der Waals surface area (Å²) in [6.07, 6.45) is 0. The molecule has 1 aliphatic rings. The SMILES string of the molecule is CONc1ccc(N)c2c1C(=O)c1ccccc1C2=O. The number of nitrogen functional groups attached to an aromatic ring is 1. The van der Waals surface area contributed by atoms with Gasteiger partial charge in [-0.15, -0.1) is 0 Å². The molecule has 0 bridgehead atoms. The van der Waals surface area contributed by atoms with Crippen molar-refractivity contribution >= 4 is 22.9 Å². The Morgan fingerprint density at radius 1 is 0.950 bits per heavy atom. The summed E-state index contributed by atoms with van der Waals surface area (Å²) in [6.45, 7) is 0. The molecule has 0 amide bonds. The van der Waals surface area contributed by atoms with E-state index in [0.29, 0.717) is 16.8 Å². The van der Waals surface area contributed by atoms with E-state index in [1.807, 2.05) is 0 Å². The number of nitrogens with two attached hydrogens (primary N) is 1. The zero-order valence-electron chi connectivity index (χ0n) is 10.8. The predicted octanol–water partition coefficient (Wildman–Crippen LogP) is 2.02. The average Bonchev–Trinajstić information content (AvgIpc) is 2.47. The lowest BCUT2D eigenvalue weighted by Gasteiger charge is -2.21. The summed E-state index contributed by atoms with van der Waals surface area (Å²) in [5, 5.41) is 0. The lowest BCUT2D eigenvalue weighted by Crippen LogP contribution is -2.23. The number of rotatable bonds is 2. The Morgan fingerprint density at radius 3 is 2.15 bits per heavy atom. The van der Waals surface area contributed by atoms with Crippen LogP contribution in [-0.4, -0.2) is 18.7 Å². The van der Waals surface area contributed by atoms with Gasteiger partial charge in [-0.1, -0.05) is 24.3 Å². The number of hydrogen-bond donors (Lipinski definition) is 2. The Morgan fingerprint density at radius 2 is 1.55 bits per heavy atom. The van der Waals surface area contributed by atoms with Crippen LogP contribution in [0.15, 0.2) is 36.4 Å². The van der Waals surface area contributed by atoms with Gasteiger partial charge in [0, 0.05) is 16.8 Å². The van der Waals surface area contributed by atoms with Crippen LogP contribution in [0, 0.1) is 0 Å². The molecule has 0 atom stereocenters. The summed E-state index contributed by atoms with van der Waals surface area (Å²) in [5.74, 6) is -0.477. The molecular weight excluding hydrogens is 256 g/mol. The summed E-state index contributed by atoms with van der Waals surface area (Å²) >= 11 is 0. The van der Waals surface area contributed by atoms with Crippen molar-refractivity contribution in [2.45, 2.75) is 0 Å². The minimum Gasteiger partial charge on any atom is -0.398 e. The van der Waals surface area contributed by atoms with Gasteiger partial charge in [-0.3, -0.25) is 19.9 Å². The number of nitrogens with one attached hydrogen (secondary N) is 1. The van der Waals surface area contributed by atoms with Gasteiger partial charge in [-0.2, -0.15) is 0 Å². The van der Waals surface area contributed by atoms with Gasteiger partial charge in [0.1, 0.15) is 0 Å². The van der Waals surface area contributed by atoms with Crippen LogP contribution in [0.5, 0.6) is 0 Å². The minimum absolute atomic E-state index is 0.232. The maximum atomic E-state index is 12.6. The molecule has 20 heavy (non-hydrogen) atoms. The minimum atomic E-state index is -0.243. The summed E-state index contributed by atoms with van der Waals surface area (Å²) < 4.78 is 0. The summed E-state index contributed by atoms with van der Waals surface area (Å²) in [5.41, 5.74) is 10.5. The van der Waals surface area contributed by atoms with Crippen LogP contribution >= 0.6 is 0 Å². The Hall–Kier alpha value is -2.66. The van der Waals surface area contributed by atoms with Gasteiger partial charge >= 0.3 is 0 Å². The molecule has 3 N–H and O–H groups in total. The van der Waals surface area contributed by atoms with Crippen molar-refractivity contribution in [2.75, 3.05) is 18.3 Å². The lowest BCUT2D eigenvalue weighted by atomic mass is 9.82. The van der Waals surface area contributed by atoms with Gasteiger partial charge in [-0.25, -0.2) is 0 Å². The molecule has 0 saturated carbocycles. The average molecular weight is 268 g/mol. The highest BCUT2D eigenvalue weighted by Gasteiger charge is 2.33. The fraction of sp³-hybridized carbons (Fsp3) is 0.0667. The first-order valence-corrected chi connectivity index (χ1v) is 6.05. The van der Waals surface area contributed by atoms with Crippen molar-refractivity contribution in [3.8, 4) is 0 Å². The first kappa shape index (κ1) is 12.4. The second-order valence-electron chi connectivity index (χ2n) is 4.46. The van der Waals surface area contributed by atoms with Gasteiger partial charge in [-0.05, 0) is 12.1 Å². The van der Waals surface area contributed by atoms with Crippen molar-refractivity contribution < 1.29 is 14.4 Å². The second kappa shape index (κ2) is 4.47. The molecule has 0 radical (unpaired) electrons. The van der Waals surface area contributed by atoms with Crippen LogP contribution < -0.4 is 11.2 Å². The molecule has 0 saturated heterocycles. The fourth-order valence-electron chi connectivity index (χ4n) is 2.44. The zero-order chi connectivity index (χ0) is 14.3. The van der Waals surface area contributed by atoms with Crippen molar-refractivity contribution in [2.24, 2.45) is 0 Å². The molecule has 5 nitrogen and oxygen atoms in total. The number of carbonyl (C=O) groups is 2. The molecule has 0 aliphatic heterocycles. The van der Waals surface area contributed by atoms with Crippen LogP contribution in [0.25, 0.3) is 0 Å². The molecule has 0 fully saturated rings. The number of anilines is 2. The number of fused-ring (bicyclic) bond motifs is 2. The molecule has 1 aliphatic carbocycles. The van der Waals surface area contributed by atoms with E-state index >= 15 is 0 Å². The summed E-state index contributed by atoms with van der Waals surface area (Å²) in [6, 6.07) is 9.93. The van der Waals surface area contributed by atoms with Gasteiger partial charge in [0.05, 0.1) is 23.9 Å². The van der Waals surface area contributed by atoms with E-state index in [4.69, 9.17) is 10.6 Å². The lowest BCUT2D eigenvalue weighted by molar-refractivity contribution is 0.0979. The van der Waals surface area contributed by atoms with Crippen LogP contribution in [0.1, 0.15) is 31.8 Å². The van der Waals surface area contributed by atoms with Crippen molar-refractivity contribution in [3.63, 3.8) is 0 Å². The third-order valence-corrected chi connectivity index (χ3v) is 3.32. The summed E-state index contributed by atoms with van der Waals surface area (Å²) in [4.78, 5) is 30.0. The first-order chi connectivity index (χ1) is 9.65. The van der Waals surface area contributed by atoms with E-state index in [1.165, 1.54) is 7.11 Å². The number of carbonyl (C=O) groups excluding carboxylic acids is 2.